The van der Waals surface area contributed by atoms with Gasteiger partial charge in [-0.15, -0.1) is 0 Å². The van der Waals surface area contributed by atoms with Crippen molar-refractivity contribution < 1.29 is 0 Å². The van der Waals surface area contributed by atoms with Crippen molar-refractivity contribution >= 4 is 49.6 Å². The first kappa shape index (κ1) is 25.9. The molecule has 0 atom stereocenters. The highest BCUT2D eigenvalue weighted by molar-refractivity contribution is 6.11. The summed E-state index contributed by atoms with van der Waals surface area (Å²) in [6.45, 7) is 4.70. The van der Waals surface area contributed by atoms with Gasteiger partial charge < -0.3 is 9.88 Å². The third kappa shape index (κ3) is 3.89. The molecular formula is C43H32N2. The minimum Gasteiger partial charge on any atom is -0.355 e. The Bertz CT molecular complexity index is 2410. The fourth-order valence-electron chi connectivity index (χ4n) is 7.59. The van der Waals surface area contributed by atoms with E-state index in [2.05, 4.69) is 175 Å². The molecule has 45 heavy (non-hydrogen) atoms. The molecule has 0 saturated carbocycles. The summed E-state index contributed by atoms with van der Waals surface area (Å²) in [5, 5.41) is 4.97. The first-order valence-electron chi connectivity index (χ1n) is 15.7. The SMILES string of the molecule is CC1(C)c2ccccc2-c2ccc(N(c3ccccc3)c3cccc4c(-c5ccc6[nH]c7ccccc7c6c5)cccc34)cc21. The lowest BCUT2D eigenvalue weighted by atomic mass is 9.82. The zero-order valence-corrected chi connectivity index (χ0v) is 25.4. The molecule has 1 heterocycles. The molecular weight excluding hydrogens is 544 g/mol. The Balaban J connectivity index is 1.24. The van der Waals surface area contributed by atoms with Crippen LogP contribution in [-0.4, -0.2) is 4.98 Å². The number of benzene rings is 7. The fourth-order valence-corrected chi connectivity index (χ4v) is 7.59. The van der Waals surface area contributed by atoms with Crippen molar-refractivity contribution in [2.24, 2.45) is 0 Å². The van der Waals surface area contributed by atoms with Crippen LogP contribution in [0.15, 0.2) is 152 Å². The number of nitrogens with zero attached hydrogens (tertiary/aromatic N) is 1. The second-order valence-corrected chi connectivity index (χ2v) is 12.7. The van der Waals surface area contributed by atoms with Crippen molar-refractivity contribution in [3.05, 3.63) is 163 Å². The Kier molecular flexibility index (Phi) is 5.58. The molecule has 2 heteroatoms. The van der Waals surface area contributed by atoms with Crippen molar-refractivity contribution in [3.63, 3.8) is 0 Å². The maximum Gasteiger partial charge on any atom is 0.0540 e. The van der Waals surface area contributed by atoms with Gasteiger partial charge in [0.05, 0.1) is 5.69 Å². The van der Waals surface area contributed by atoms with Gasteiger partial charge in [0.2, 0.25) is 0 Å². The number of rotatable bonds is 4. The van der Waals surface area contributed by atoms with E-state index in [0.717, 1.165) is 11.2 Å². The largest absolute Gasteiger partial charge is 0.355 e. The van der Waals surface area contributed by atoms with Gasteiger partial charge in [0.25, 0.3) is 0 Å². The lowest BCUT2D eigenvalue weighted by molar-refractivity contribution is 0.660. The summed E-state index contributed by atoms with van der Waals surface area (Å²) in [6.07, 6.45) is 0. The Morgan fingerprint density at radius 2 is 1.13 bits per heavy atom. The summed E-state index contributed by atoms with van der Waals surface area (Å²) < 4.78 is 0. The molecule has 7 aromatic carbocycles. The second-order valence-electron chi connectivity index (χ2n) is 12.7. The average Bonchev–Trinajstić information content (AvgIpc) is 3.57. The highest BCUT2D eigenvalue weighted by atomic mass is 15.1. The Morgan fingerprint density at radius 1 is 0.444 bits per heavy atom. The molecule has 9 rings (SSSR count). The number of hydrogen-bond donors (Lipinski definition) is 1. The highest BCUT2D eigenvalue weighted by Crippen LogP contribution is 2.51. The Hall–Kier alpha value is -5.60. The van der Waals surface area contributed by atoms with E-state index in [4.69, 9.17) is 0 Å². The van der Waals surface area contributed by atoms with Gasteiger partial charge in [0, 0.05) is 44.0 Å². The summed E-state index contributed by atoms with van der Waals surface area (Å²) in [4.78, 5) is 6.00. The second kappa shape index (κ2) is 9.70. The first-order valence-corrected chi connectivity index (χ1v) is 15.7. The van der Waals surface area contributed by atoms with Crippen LogP contribution < -0.4 is 4.90 Å². The number of para-hydroxylation sites is 2. The maximum absolute atomic E-state index is 3.58. The molecule has 1 aromatic heterocycles. The summed E-state index contributed by atoms with van der Waals surface area (Å²) in [5.41, 5.74) is 13.6. The van der Waals surface area contributed by atoms with E-state index in [9.17, 15) is 0 Å². The van der Waals surface area contributed by atoms with Crippen LogP contribution in [0.1, 0.15) is 25.0 Å². The van der Waals surface area contributed by atoms with Crippen LogP contribution in [0.3, 0.4) is 0 Å². The quantitative estimate of drug-likeness (QED) is 0.221. The van der Waals surface area contributed by atoms with Gasteiger partial charge in [0.15, 0.2) is 0 Å². The molecule has 0 amide bonds. The van der Waals surface area contributed by atoms with Gasteiger partial charge in [-0.25, -0.2) is 0 Å². The van der Waals surface area contributed by atoms with Gasteiger partial charge in [-0.05, 0) is 87.3 Å². The summed E-state index contributed by atoms with van der Waals surface area (Å²) in [5.74, 6) is 0. The van der Waals surface area contributed by atoms with Crippen molar-refractivity contribution in [1.82, 2.24) is 4.98 Å². The normalized spacial score (nSPS) is 13.3. The minimum atomic E-state index is -0.0722. The zero-order valence-electron chi connectivity index (χ0n) is 25.4. The first-order chi connectivity index (χ1) is 22.1. The number of aromatic amines is 1. The van der Waals surface area contributed by atoms with Gasteiger partial charge in [-0.3, -0.25) is 0 Å². The highest BCUT2D eigenvalue weighted by Gasteiger charge is 2.35. The van der Waals surface area contributed by atoms with Gasteiger partial charge in [0.1, 0.15) is 0 Å². The lowest BCUT2D eigenvalue weighted by Gasteiger charge is -2.29. The van der Waals surface area contributed by atoms with Crippen molar-refractivity contribution in [1.29, 1.82) is 0 Å². The number of anilines is 3. The third-order valence-corrected chi connectivity index (χ3v) is 9.80. The van der Waals surface area contributed by atoms with E-state index in [-0.39, 0.29) is 5.41 Å². The molecule has 2 nitrogen and oxygen atoms in total. The predicted molar refractivity (Wildman–Crippen MR) is 191 cm³/mol. The van der Waals surface area contributed by atoms with Crippen LogP contribution in [0.5, 0.6) is 0 Å². The predicted octanol–water partition coefficient (Wildman–Crippen LogP) is 11.9. The lowest BCUT2D eigenvalue weighted by Crippen LogP contribution is -2.16. The fraction of sp³-hybridized carbons (Fsp3) is 0.0698. The van der Waals surface area contributed by atoms with E-state index in [1.54, 1.807) is 0 Å². The average molecular weight is 577 g/mol. The number of hydrogen-bond acceptors (Lipinski definition) is 1. The minimum absolute atomic E-state index is 0.0722. The van der Waals surface area contributed by atoms with E-state index in [0.29, 0.717) is 0 Å². The molecule has 0 saturated heterocycles. The molecule has 0 bridgehead atoms. The van der Waals surface area contributed by atoms with E-state index < -0.39 is 0 Å². The molecule has 0 spiro atoms. The molecule has 0 radical (unpaired) electrons. The molecule has 1 aliphatic rings. The molecule has 214 valence electrons. The standard InChI is InChI=1S/C43H32N2/c1-43(2)38-19-8-6-14-33(38)34-24-23-30(27-39(34)43)45(29-12-4-3-5-13-29)42-21-11-17-32-31(16-10-18-36(32)42)28-22-25-41-37(26-28)35-15-7-9-20-40(35)44-41/h3-27,44H,1-2H3. The Morgan fingerprint density at radius 3 is 2.04 bits per heavy atom. The van der Waals surface area contributed by atoms with E-state index >= 15 is 0 Å². The molecule has 0 fully saturated rings. The van der Waals surface area contributed by atoms with Crippen LogP contribution in [0.25, 0.3) is 54.8 Å². The van der Waals surface area contributed by atoms with Gasteiger partial charge in [-0.2, -0.15) is 0 Å². The maximum atomic E-state index is 3.58. The van der Waals surface area contributed by atoms with Crippen LogP contribution in [0.2, 0.25) is 0 Å². The monoisotopic (exact) mass is 576 g/mol. The number of nitrogens with one attached hydrogen (secondary N) is 1. The molecule has 0 aliphatic heterocycles. The van der Waals surface area contributed by atoms with Gasteiger partial charge in [-0.1, -0.05) is 117 Å². The van der Waals surface area contributed by atoms with Crippen LogP contribution in [0.4, 0.5) is 17.1 Å². The molecule has 1 N–H and O–H groups in total. The van der Waals surface area contributed by atoms with Crippen molar-refractivity contribution in [2.75, 3.05) is 4.90 Å². The topological polar surface area (TPSA) is 19.0 Å². The van der Waals surface area contributed by atoms with E-state index in [1.807, 2.05) is 0 Å². The van der Waals surface area contributed by atoms with E-state index in [1.165, 1.54) is 71.8 Å². The van der Waals surface area contributed by atoms with Gasteiger partial charge >= 0.3 is 0 Å². The molecule has 0 unspecified atom stereocenters. The third-order valence-electron chi connectivity index (χ3n) is 9.80. The zero-order chi connectivity index (χ0) is 30.1. The van der Waals surface area contributed by atoms with Crippen LogP contribution in [0, 0.1) is 0 Å². The van der Waals surface area contributed by atoms with Crippen LogP contribution >= 0.6 is 0 Å². The summed E-state index contributed by atoms with van der Waals surface area (Å²) in [6, 6.07) is 55.4. The molecule has 1 aliphatic carbocycles. The van der Waals surface area contributed by atoms with Crippen LogP contribution in [-0.2, 0) is 5.41 Å². The number of aromatic nitrogens is 1. The smallest absolute Gasteiger partial charge is 0.0540 e. The van der Waals surface area contributed by atoms with Crippen molar-refractivity contribution in [3.8, 4) is 22.3 Å². The Labute approximate surface area is 263 Å². The number of H-pyrrole nitrogens is 1. The van der Waals surface area contributed by atoms with Crippen molar-refractivity contribution in [2.45, 2.75) is 19.3 Å². The summed E-state index contributed by atoms with van der Waals surface area (Å²) in [7, 11) is 0. The number of fused-ring (bicyclic) bond motifs is 7. The molecule has 8 aromatic rings. The summed E-state index contributed by atoms with van der Waals surface area (Å²) >= 11 is 0.